The Morgan fingerprint density at radius 3 is 2.19 bits per heavy atom. The molecule has 0 amide bonds. The molecule has 7 nitrogen and oxygen atoms in total. The van der Waals surface area contributed by atoms with Crippen LogP contribution >= 0.6 is 0 Å². The minimum atomic E-state index is -3.92. The van der Waals surface area contributed by atoms with Crippen LogP contribution in [0.1, 0.15) is 0 Å². The molecule has 0 aliphatic heterocycles. The van der Waals surface area contributed by atoms with Crippen LogP contribution < -0.4 is 9.46 Å². The number of aromatic nitrogens is 2. The van der Waals surface area contributed by atoms with Crippen molar-refractivity contribution in [2.24, 2.45) is 0 Å². The van der Waals surface area contributed by atoms with E-state index in [2.05, 4.69) is 14.7 Å². The number of para-hydroxylation sites is 1. The lowest BCUT2D eigenvalue weighted by Crippen LogP contribution is -2.15. The van der Waals surface area contributed by atoms with Crippen LogP contribution in [-0.2, 0) is 21.2 Å². The van der Waals surface area contributed by atoms with E-state index in [1.807, 2.05) is 18.2 Å². The smallest absolute Gasteiger partial charge is 0.264 e. The maximum Gasteiger partial charge on any atom is 0.264 e. The summed E-state index contributed by atoms with van der Waals surface area (Å²) in [5.74, 6) is 0.513. The van der Waals surface area contributed by atoms with Crippen molar-refractivity contribution in [2.45, 2.75) is 9.79 Å². The number of hydrogen-bond donors (Lipinski definition) is 1. The molecule has 4 rings (SSSR count). The molecule has 162 valence electrons. The first-order chi connectivity index (χ1) is 15.4. The zero-order valence-electron chi connectivity index (χ0n) is 17.0. The molecule has 1 aromatic heterocycles. The highest BCUT2D eigenvalue weighted by Crippen LogP contribution is 2.30. The molecule has 0 aliphatic rings. The molecule has 1 unspecified atom stereocenters. The highest BCUT2D eigenvalue weighted by molar-refractivity contribution is 7.92. The zero-order chi connectivity index (χ0) is 22.6. The maximum absolute atomic E-state index is 12.8. The van der Waals surface area contributed by atoms with E-state index in [1.165, 1.54) is 12.1 Å². The summed E-state index contributed by atoms with van der Waals surface area (Å²) in [7, 11) is -3.92. The van der Waals surface area contributed by atoms with Gasteiger partial charge in [0.2, 0.25) is 11.8 Å². The standard InChI is InChI=1S/C23H19N3O4S2/c1-31(27)21-15-9-8-14-19(21)20-16-22(30-17-10-4-2-5-11-17)25-23(24-20)26-32(28,29)18-12-6-3-7-13-18/h2-16H,1H3,(H,24,25,26). The molecule has 1 heterocycles. The average Bonchev–Trinajstić information content (AvgIpc) is 2.80. The van der Waals surface area contributed by atoms with Crippen molar-refractivity contribution in [2.75, 3.05) is 11.0 Å². The fraction of sp³-hybridized carbons (Fsp3) is 0.0435. The highest BCUT2D eigenvalue weighted by Gasteiger charge is 2.20. The third-order valence-corrected chi connectivity index (χ3v) is 6.74. The van der Waals surface area contributed by atoms with Gasteiger partial charge in [0.15, 0.2) is 4.90 Å². The second kappa shape index (κ2) is 9.39. The molecule has 0 aliphatic carbocycles. The van der Waals surface area contributed by atoms with Gasteiger partial charge in [-0.15, -0.1) is 0 Å². The molecule has 0 saturated carbocycles. The Morgan fingerprint density at radius 2 is 1.50 bits per heavy atom. The second-order valence-electron chi connectivity index (χ2n) is 6.70. The molecule has 9 heteroatoms. The van der Waals surface area contributed by atoms with Gasteiger partial charge in [-0.3, -0.25) is 0 Å². The Balaban J connectivity index is 1.79. The second-order valence-corrected chi connectivity index (χ2v) is 9.73. The van der Waals surface area contributed by atoms with E-state index in [-0.39, 0.29) is 16.7 Å². The first-order valence-corrected chi connectivity index (χ1v) is 12.6. The first kappa shape index (κ1) is 21.8. The predicted molar refractivity (Wildman–Crippen MR) is 124 cm³/mol. The third kappa shape index (κ3) is 5.08. The van der Waals surface area contributed by atoms with Crippen molar-refractivity contribution in [3.05, 3.63) is 91.0 Å². The van der Waals surface area contributed by atoms with Gasteiger partial charge in [0.05, 0.1) is 16.2 Å². The summed E-state index contributed by atoms with van der Waals surface area (Å²) in [6.45, 7) is 0. The Kier molecular flexibility index (Phi) is 6.40. The fourth-order valence-corrected chi connectivity index (χ4v) is 4.70. The highest BCUT2D eigenvalue weighted by atomic mass is 32.2. The molecule has 0 saturated heterocycles. The van der Waals surface area contributed by atoms with E-state index >= 15 is 0 Å². The van der Waals surface area contributed by atoms with Crippen molar-refractivity contribution in [1.29, 1.82) is 0 Å². The predicted octanol–water partition coefficient (Wildman–Crippen LogP) is 4.47. The largest absolute Gasteiger partial charge is 0.612 e. The molecule has 0 fully saturated rings. The summed E-state index contributed by atoms with van der Waals surface area (Å²) < 4.78 is 46.1. The molecule has 1 N–H and O–H groups in total. The lowest BCUT2D eigenvalue weighted by Gasteiger charge is -2.13. The summed E-state index contributed by atoms with van der Waals surface area (Å²) in [5.41, 5.74) is 0.969. The van der Waals surface area contributed by atoms with E-state index in [0.29, 0.717) is 21.9 Å². The molecule has 1 atom stereocenters. The lowest BCUT2D eigenvalue weighted by atomic mass is 10.1. The Morgan fingerprint density at radius 1 is 0.875 bits per heavy atom. The third-order valence-electron chi connectivity index (χ3n) is 4.42. The fourth-order valence-electron chi connectivity index (χ4n) is 2.98. The summed E-state index contributed by atoms with van der Waals surface area (Å²) >= 11 is -1.28. The van der Waals surface area contributed by atoms with Crippen LogP contribution in [0.4, 0.5) is 5.95 Å². The van der Waals surface area contributed by atoms with Gasteiger partial charge in [0.1, 0.15) is 12.0 Å². The first-order valence-electron chi connectivity index (χ1n) is 9.55. The molecule has 4 aromatic rings. The van der Waals surface area contributed by atoms with Gasteiger partial charge < -0.3 is 9.29 Å². The number of sulfonamides is 1. The van der Waals surface area contributed by atoms with Crippen LogP contribution in [0.3, 0.4) is 0 Å². The van der Waals surface area contributed by atoms with E-state index in [4.69, 9.17) is 4.74 Å². The van der Waals surface area contributed by atoms with E-state index in [0.717, 1.165) is 0 Å². The monoisotopic (exact) mass is 465 g/mol. The molecule has 0 radical (unpaired) electrons. The van der Waals surface area contributed by atoms with Crippen LogP contribution in [0.5, 0.6) is 11.6 Å². The molecule has 0 bridgehead atoms. The number of nitrogens with one attached hydrogen (secondary N) is 1. The number of anilines is 1. The number of ether oxygens (including phenoxy) is 1. The van der Waals surface area contributed by atoms with Gasteiger partial charge in [0, 0.05) is 6.07 Å². The SMILES string of the molecule is C[S+]([O-])c1ccccc1-c1cc(Oc2ccccc2)nc(NS(=O)(=O)c2ccccc2)n1. The van der Waals surface area contributed by atoms with Crippen LogP contribution in [0.25, 0.3) is 11.3 Å². The minimum Gasteiger partial charge on any atom is -0.612 e. The van der Waals surface area contributed by atoms with Crippen LogP contribution in [0.2, 0.25) is 0 Å². The molecular formula is C23H19N3O4S2. The Bertz CT molecular complexity index is 1320. The van der Waals surface area contributed by atoms with Crippen molar-refractivity contribution in [1.82, 2.24) is 9.97 Å². The topological polar surface area (TPSA) is 104 Å². The van der Waals surface area contributed by atoms with Crippen molar-refractivity contribution < 1.29 is 17.7 Å². The number of hydrogen-bond acceptors (Lipinski definition) is 6. The van der Waals surface area contributed by atoms with Crippen LogP contribution in [-0.4, -0.2) is 29.2 Å². The van der Waals surface area contributed by atoms with Gasteiger partial charge in [-0.25, -0.2) is 18.1 Å². The van der Waals surface area contributed by atoms with Crippen molar-refractivity contribution in [3.63, 3.8) is 0 Å². The molecule has 32 heavy (non-hydrogen) atoms. The van der Waals surface area contributed by atoms with E-state index < -0.39 is 21.2 Å². The summed E-state index contributed by atoms with van der Waals surface area (Å²) in [6, 6.07) is 25.6. The Hall–Kier alpha value is -3.40. The van der Waals surface area contributed by atoms with Gasteiger partial charge in [-0.2, -0.15) is 4.98 Å². The number of rotatable bonds is 7. The van der Waals surface area contributed by atoms with Gasteiger partial charge >= 0.3 is 0 Å². The molecule has 3 aromatic carbocycles. The summed E-state index contributed by atoms with van der Waals surface area (Å²) in [6.07, 6.45) is 1.57. The van der Waals surface area contributed by atoms with E-state index in [1.54, 1.807) is 66.9 Å². The number of nitrogens with zero attached hydrogens (tertiary/aromatic N) is 2. The van der Waals surface area contributed by atoms with Crippen molar-refractivity contribution >= 4 is 27.1 Å². The lowest BCUT2D eigenvalue weighted by molar-refractivity contribution is 0.463. The molecule has 0 spiro atoms. The quantitative estimate of drug-likeness (QED) is 0.404. The zero-order valence-corrected chi connectivity index (χ0v) is 18.6. The van der Waals surface area contributed by atoms with E-state index in [9.17, 15) is 13.0 Å². The van der Waals surface area contributed by atoms with Gasteiger partial charge in [0.25, 0.3) is 10.0 Å². The Labute approximate surface area is 189 Å². The average molecular weight is 466 g/mol. The molecular weight excluding hydrogens is 446 g/mol. The van der Waals surface area contributed by atoms with Crippen molar-refractivity contribution in [3.8, 4) is 22.9 Å². The normalized spacial score (nSPS) is 12.2. The summed E-state index contributed by atoms with van der Waals surface area (Å²) in [4.78, 5) is 9.27. The van der Waals surface area contributed by atoms with Gasteiger partial charge in [-0.05, 0) is 47.6 Å². The van der Waals surface area contributed by atoms with Crippen LogP contribution in [0.15, 0.2) is 101 Å². The maximum atomic E-state index is 12.8. The van der Waals surface area contributed by atoms with Crippen LogP contribution in [0, 0.1) is 0 Å². The van der Waals surface area contributed by atoms with Gasteiger partial charge in [-0.1, -0.05) is 48.5 Å². The minimum absolute atomic E-state index is 0.0783. The number of benzene rings is 3. The summed E-state index contributed by atoms with van der Waals surface area (Å²) in [5, 5.41) is 0.